The Labute approximate surface area is 86.8 Å². The van der Waals surface area contributed by atoms with Gasteiger partial charge in [-0.25, -0.2) is 0 Å². The molecule has 1 aliphatic carbocycles. The summed E-state index contributed by atoms with van der Waals surface area (Å²) in [4.78, 5) is 0. The molecular weight excluding hydrogens is 172 g/mol. The van der Waals surface area contributed by atoms with Gasteiger partial charge in [0.1, 0.15) is 0 Å². The van der Waals surface area contributed by atoms with Crippen molar-refractivity contribution in [2.24, 2.45) is 5.92 Å². The SMILES string of the molecule is OCC1CCCCC1.c1ccccc1. The number of aliphatic hydroxyl groups excluding tert-OH is 1. The molecule has 1 aliphatic rings. The largest absolute Gasteiger partial charge is 0.396 e. The van der Waals surface area contributed by atoms with Gasteiger partial charge in [-0.15, -0.1) is 0 Å². The van der Waals surface area contributed by atoms with Crippen molar-refractivity contribution < 1.29 is 5.11 Å². The van der Waals surface area contributed by atoms with E-state index in [4.69, 9.17) is 5.11 Å². The van der Waals surface area contributed by atoms with E-state index in [2.05, 4.69) is 0 Å². The summed E-state index contributed by atoms with van der Waals surface area (Å²) in [5.41, 5.74) is 0. The zero-order chi connectivity index (χ0) is 10.1. The van der Waals surface area contributed by atoms with E-state index >= 15 is 0 Å². The second-order valence-corrected chi connectivity index (χ2v) is 3.84. The Hall–Kier alpha value is -0.820. The third kappa shape index (κ3) is 5.03. The molecule has 14 heavy (non-hydrogen) atoms. The molecule has 0 saturated heterocycles. The van der Waals surface area contributed by atoms with Crippen LogP contribution < -0.4 is 0 Å². The van der Waals surface area contributed by atoms with Crippen LogP contribution >= 0.6 is 0 Å². The van der Waals surface area contributed by atoms with Crippen LogP contribution in [-0.2, 0) is 0 Å². The van der Waals surface area contributed by atoms with Gasteiger partial charge in [0.05, 0.1) is 0 Å². The molecule has 0 bridgehead atoms. The molecule has 0 amide bonds. The van der Waals surface area contributed by atoms with Crippen LogP contribution in [0.2, 0.25) is 0 Å². The number of hydrogen-bond acceptors (Lipinski definition) is 1. The van der Waals surface area contributed by atoms with E-state index in [0.29, 0.717) is 12.5 Å². The Morgan fingerprint density at radius 2 is 1.21 bits per heavy atom. The van der Waals surface area contributed by atoms with Gasteiger partial charge in [-0.1, -0.05) is 55.7 Å². The molecule has 1 heteroatoms. The third-order valence-electron chi connectivity index (χ3n) is 2.65. The summed E-state index contributed by atoms with van der Waals surface area (Å²) in [6.45, 7) is 0.417. The molecule has 78 valence electrons. The van der Waals surface area contributed by atoms with Crippen molar-refractivity contribution in [2.45, 2.75) is 32.1 Å². The van der Waals surface area contributed by atoms with Gasteiger partial charge in [0.15, 0.2) is 0 Å². The van der Waals surface area contributed by atoms with Crippen LogP contribution in [0.25, 0.3) is 0 Å². The number of benzene rings is 1. The van der Waals surface area contributed by atoms with Crippen LogP contribution in [-0.4, -0.2) is 11.7 Å². The molecule has 1 N–H and O–H groups in total. The zero-order valence-electron chi connectivity index (χ0n) is 8.73. The fraction of sp³-hybridized carbons (Fsp3) is 0.538. The van der Waals surface area contributed by atoms with Crippen molar-refractivity contribution in [1.29, 1.82) is 0 Å². The summed E-state index contributed by atoms with van der Waals surface area (Å²) in [6, 6.07) is 12.0. The minimum atomic E-state index is 0.417. The topological polar surface area (TPSA) is 20.2 Å². The molecule has 1 aromatic rings. The van der Waals surface area contributed by atoms with Gasteiger partial charge >= 0.3 is 0 Å². The molecule has 0 heterocycles. The van der Waals surface area contributed by atoms with Crippen molar-refractivity contribution >= 4 is 0 Å². The minimum absolute atomic E-state index is 0.417. The van der Waals surface area contributed by atoms with Gasteiger partial charge in [-0.2, -0.15) is 0 Å². The average Bonchev–Trinajstić information content (AvgIpc) is 2.33. The molecule has 1 aromatic carbocycles. The first-order valence-corrected chi connectivity index (χ1v) is 5.54. The fourth-order valence-electron chi connectivity index (χ4n) is 1.75. The van der Waals surface area contributed by atoms with Crippen molar-refractivity contribution in [2.75, 3.05) is 6.61 Å². The van der Waals surface area contributed by atoms with Crippen LogP contribution in [0.5, 0.6) is 0 Å². The molecule has 1 fully saturated rings. The highest BCUT2D eigenvalue weighted by atomic mass is 16.3. The Balaban J connectivity index is 0.000000146. The van der Waals surface area contributed by atoms with Crippen molar-refractivity contribution in [3.05, 3.63) is 36.4 Å². The lowest BCUT2D eigenvalue weighted by Crippen LogP contribution is -2.09. The lowest BCUT2D eigenvalue weighted by molar-refractivity contribution is 0.190. The highest BCUT2D eigenvalue weighted by Gasteiger charge is 2.10. The summed E-state index contributed by atoms with van der Waals surface area (Å²) in [6.07, 6.45) is 6.58. The summed E-state index contributed by atoms with van der Waals surface area (Å²) in [7, 11) is 0. The molecule has 0 spiro atoms. The average molecular weight is 192 g/mol. The first kappa shape index (κ1) is 11.3. The Kier molecular flexibility index (Phi) is 6.09. The lowest BCUT2D eigenvalue weighted by Gasteiger charge is -2.18. The Morgan fingerprint density at radius 3 is 1.50 bits per heavy atom. The van der Waals surface area contributed by atoms with Crippen LogP contribution in [0, 0.1) is 5.92 Å². The third-order valence-corrected chi connectivity index (χ3v) is 2.65. The first-order valence-electron chi connectivity index (χ1n) is 5.54. The van der Waals surface area contributed by atoms with Gasteiger partial charge in [0.25, 0.3) is 0 Å². The molecule has 0 atom stereocenters. The molecule has 0 aliphatic heterocycles. The van der Waals surface area contributed by atoms with Crippen molar-refractivity contribution in [1.82, 2.24) is 0 Å². The van der Waals surface area contributed by atoms with E-state index in [1.165, 1.54) is 32.1 Å². The van der Waals surface area contributed by atoms with Crippen molar-refractivity contribution in [3.63, 3.8) is 0 Å². The number of rotatable bonds is 1. The normalized spacial score (nSPS) is 16.9. The fourth-order valence-corrected chi connectivity index (χ4v) is 1.75. The number of hydrogen-bond donors (Lipinski definition) is 1. The minimum Gasteiger partial charge on any atom is -0.396 e. The van der Waals surface area contributed by atoms with Crippen LogP contribution in [0.15, 0.2) is 36.4 Å². The second kappa shape index (κ2) is 7.57. The predicted octanol–water partition coefficient (Wildman–Crippen LogP) is 3.25. The summed E-state index contributed by atoms with van der Waals surface area (Å²) >= 11 is 0. The van der Waals surface area contributed by atoms with Gasteiger partial charge in [0.2, 0.25) is 0 Å². The predicted molar refractivity (Wildman–Crippen MR) is 60.1 cm³/mol. The van der Waals surface area contributed by atoms with Gasteiger partial charge in [0, 0.05) is 6.61 Å². The quantitative estimate of drug-likeness (QED) is 0.724. The van der Waals surface area contributed by atoms with E-state index in [-0.39, 0.29) is 0 Å². The highest BCUT2D eigenvalue weighted by Crippen LogP contribution is 2.22. The molecule has 1 saturated carbocycles. The molecule has 0 radical (unpaired) electrons. The highest BCUT2D eigenvalue weighted by molar-refractivity contribution is 4.99. The Morgan fingerprint density at radius 1 is 0.786 bits per heavy atom. The molecule has 1 nitrogen and oxygen atoms in total. The van der Waals surface area contributed by atoms with Crippen LogP contribution in [0.3, 0.4) is 0 Å². The number of aliphatic hydroxyl groups is 1. The smallest absolute Gasteiger partial charge is 0.0459 e. The summed E-state index contributed by atoms with van der Waals surface area (Å²) < 4.78 is 0. The van der Waals surface area contributed by atoms with Crippen molar-refractivity contribution in [3.8, 4) is 0 Å². The van der Waals surface area contributed by atoms with E-state index in [1.54, 1.807) is 0 Å². The first-order chi connectivity index (χ1) is 6.93. The van der Waals surface area contributed by atoms with E-state index in [9.17, 15) is 0 Å². The van der Waals surface area contributed by atoms with Crippen LogP contribution in [0.4, 0.5) is 0 Å². The lowest BCUT2D eigenvalue weighted by atomic mass is 9.90. The maximum Gasteiger partial charge on any atom is 0.0459 e. The summed E-state index contributed by atoms with van der Waals surface area (Å²) in [5, 5.41) is 8.69. The van der Waals surface area contributed by atoms with Crippen LogP contribution in [0.1, 0.15) is 32.1 Å². The van der Waals surface area contributed by atoms with Gasteiger partial charge in [-0.05, 0) is 18.8 Å². The molecule has 0 unspecified atom stereocenters. The maximum absolute atomic E-state index is 8.69. The zero-order valence-corrected chi connectivity index (χ0v) is 8.73. The Bertz CT molecular complexity index is 175. The molecule has 0 aromatic heterocycles. The van der Waals surface area contributed by atoms with Gasteiger partial charge in [-0.3, -0.25) is 0 Å². The maximum atomic E-state index is 8.69. The van der Waals surface area contributed by atoms with E-state index < -0.39 is 0 Å². The summed E-state index contributed by atoms with van der Waals surface area (Å²) in [5.74, 6) is 0.642. The second-order valence-electron chi connectivity index (χ2n) is 3.84. The van der Waals surface area contributed by atoms with E-state index in [1.807, 2.05) is 36.4 Å². The molecule has 2 rings (SSSR count). The van der Waals surface area contributed by atoms with E-state index in [0.717, 1.165) is 0 Å². The standard InChI is InChI=1S/C7H14O.C6H6/c8-6-7-4-2-1-3-5-7;1-2-4-6-5-3-1/h7-8H,1-6H2;1-6H. The van der Waals surface area contributed by atoms with Gasteiger partial charge < -0.3 is 5.11 Å². The molecular formula is C13H20O. The monoisotopic (exact) mass is 192 g/mol.